The van der Waals surface area contributed by atoms with E-state index in [2.05, 4.69) is 21.2 Å². The summed E-state index contributed by atoms with van der Waals surface area (Å²) in [4.78, 5) is 0. The van der Waals surface area contributed by atoms with Crippen LogP contribution in [-0.4, -0.2) is 5.11 Å². The summed E-state index contributed by atoms with van der Waals surface area (Å²) in [7, 11) is 0. The molecule has 0 amide bonds. The Labute approximate surface area is 134 Å². The van der Waals surface area contributed by atoms with E-state index in [0.29, 0.717) is 10.2 Å². The molecule has 0 aliphatic rings. The van der Waals surface area contributed by atoms with Gasteiger partial charge < -0.3 is 10.4 Å². The first-order valence-electron chi connectivity index (χ1n) is 5.78. The van der Waals surface area contributed by atoms with E-state index in [4.69, 9.17) is 23.2 Å². The summed E-state index contributed by atoms with van der Waals surface area (Å²) in [5.41, 5.74) is 1.57. The summed E-state index contributed by atoms with van der Waals surface area (Å²) in [6, 6.07) is 7.88. The van der Waals surface area contributed by atoms with Crippen LogP contribution in [0.2, 0.25) is 10.0 Å². The summed E-state index contributed by atoms with van der Waals surface area (Å²) in [6.45, 7) is 1.92. The van der Waals surface area contributed by atoms with Crippen molar-refractivity contribution in [2.24, 2.45) is 0 Å². The zero-order chi connectivity index (χ0) is 14.9. The summed E-state index contributed by atoms with van der Waals surface area (Å²) in [5, 5.41) is 13.0. The number of aromatic hydroxyl groups is 1. The highest BCUT2D eigenvalue weighted by Gasteiger charge is 2.11. The molecule has 0 saturated heterocycles. The van der Waals surface area contributed by atoms with Gasteiger partial charge in [0.1, 0.15) is 5.82 Å². The van der Waals surface area contributed by atoms with Gasteiger partial charge in [0, 0.05) is 11.7 Å². The number of rotatable bonds is 3. The predicted molar refractivity (Wildman–Crippen MR) is 84.3 cm³/mol. The zero-order valence-electron chi connectivity index (χ0n) is 10.4. The molecule has 0 bridgehead atoms. The molecule has 0 fully saturated rings. The molecule has 2 aromatic rings. The van der Waals surface area contributed by atoms with E-state index in [0.717, 1.165) is 5.56 Å². The fourth-order valence-corrected chi connectivity index (χ4v) is 2.65. The smallest absolute Gasteiger partial charge is 0.152 e. The molecule has 2 rings (SSSR count). The number of nitrogens with one attached hydrogen (secondary N) is 1. The van der Waals surface area contributed by atoms with Crippen LogP contribution in [0.25, 0.3) is 0 Å². The quantitative estimate of drug-likeness (QED) is 0.664. The molecule has 0 aliphatic heterocycles. The van der Waals surface area contributed by atoms with Crippen molar-refractivity contribution in [1.82, 2.24) is 0 Å². The van der Waals surface area contributed by atoms with Gasteiger partial charge in [0.15, 0.2) is 5.75 Å². The predicted octanol–water partition coefficient (Wildman–Crippen LogP) is 5.77. The lowest BCUT2D eigenvalue weighted by molar-refractivity contribution is 0.476. The molecule has 0 heterocycles. The second-order valence-electron chi connectivity index (χ2n) is 4.33. The highest BCUT2D eigenvalue weighted by molar-refractivity contribution is 9.10. The van der Waals surface area contributed by atoms with Crippen LogP contribution in [0.1, 0.15) is 18.5 Å². The van der Waals surface area contributed by atoms with Gasteiger partial charge in [-0.2, -0.15) is 0 Å². The van der Waals surface area contributed by atoms with Crippen molar-refractivity contribution in [1.29, 1.82) is 0 Å². The van der Waals surface area contributed by atoms with E-state index in [9.17, 15) is 9.50 Å². The molecule has 2 aromatic carbocycles. The van der Waals surface area contributed by atoms with Crippen LogP contribution >= 0.6 is 39.1 Å². The first kappa shape index (κ1) is 15.4. The van der Waals surface area contributed by atoms with Gasteiger partial charge in [0.2, 0.25) is 0 Å². The van der Waals surface area contributed by atoms with E-state index in [1.807, 2.05) is 6.92 Å². The number of halogens is 4. The lowest BCUT2D eigenvalue weighted by atomic mass is 10.1. The molecule has 0 aromatic heterocycles. The Balaban J connectivity index is 2.23. The lowest BCUT2D eigenvalue weighted by Crippen LogP contribution is -2.06. The van der Waals surface area contributed by atoms with E-state index in [-0.39, 0.29) is 27.7 Å². The third-order valence-corrected chi connectivity index (χ3v) is 4.03. The Bertz CT molecular complexity index is 628. The molecule has 0 aliphatic carbocycles. The van der Waals surface area contributed by atoms with Crippen molar-refractivity contribution < 1.29 is 9.50 Å². The zero-order valence-corrected chi connectivity index (χ0v) is 13.5. The summed E-state index contributed by atoms with van der Waals surface area (Å²) < 4.78 is 13.6. The van der Waals surface area contributed by atoms with E-state index < -0.39 is 0 Å². The molecular weight excluding hydrogens is 368 g/mol. The van der Waals surface area contributed by atoms with Gasteiger partial charge in [-0.05, 0) is 52.7 Å². The largest absolute Gasteiger partial charge is 0.505 e. The van der Waals surface area contributed by atoms with Crippen LogP contribution in [0.3, 0.4) is 0 Å². The van der Waals surface area contributed by atoms with Gasteiger partial charge in [-0.15, -0.1) is 0 Å². The van der Waals surface area contributed by atoms with Crippen LogP contribution in [-0.2, 0) is 0 Å². The molecular formula is C14H11BrCl2FNO. The first-order valence-corrected chi connectivity index (χ1v) is 7.33. The number of phenols is 1. The average molecular weight is 379 g/mol. The van der Waals surface area contributed by atoms with Crippen molar-refractivity contribution in [3.05, 3.63) is 56.2 Å². The number of hydrogen-bond acceptors (Lipinski definition) is 2. The van der Waals surface area contributed by atoms with Gasteiger partial charge in [0.25, 0.3) is 0 Å². The monoisotopic (exact) mass is 377 g/mol. The second-order valence-corrected chi connectivity index (χ2v) is 6.00. The van der Waals surface area contributed by atoms with E-state index in [1.54, 1.807) is 24.3 Å². The van der Waals surface area contributed by atoms with Crippen molar-refractivity contribution >= 4 is 44.8 Å². The summed E-state index contributed by atoms with van der Waals surface area (Å²) in [6.07, 6.45) is 0. The van der Waals surface area contributed by atoms with Crippen LogP contribution in [0, 0.1) is 5.82 Å². The van der Waals surface area contributed by atoms with Crippen LogP contribution < -0.4 is 5.32 Å². The van der Waals surface area contributed by atoms with E-state index >= 15 is 0 Å². The fourth-order valence-electron chi connectivity index (χ4n) is 1.76. The molecule has 2 nitrogen and oxygen atoms in total. The Morgan fingerprint density at radius 3 is 2.35 bits per heavy atom. The standard InChI is InChI=1S/C14H11BrCl2FNO/c1-7(8-2-3-13(18)10(15)4-8)19-9-5-11(16)14(20)12(17)6-9/h2-7,19-20H,1H3. The highest BCUT2D eigenvalue weighted by Crippen LogP contribution is 2.35. The van der Waals surface area contributed by atoms with Crippen LogP contribution in [0.5, 0.6) is 5.75 Å². The number of hydrogen-bond donors (Lipinski definition) is 2. The Morgan fingerprint density at radius 1 is 1.20 bits per heavy atom. The van der Waals surface area contributed by atoms with Gasteiger partial charge >= 0.3 is 0 Å². The van der Waals surface area contributed by atoms with Gasteiger partial charge in [-0.1, -0.05) is 29.3 Å². The average Bonchev–Trinajstić information content (AvgIpc) is 2.39. The lowest BCUT2D eigenvalue weighted by Gasteiger charge is -2.17. The first-order chi connectivity index (χ1) is 9.38. The third-order valence-electron chi connectivity index (χ3n) is 2.84. The van der Waals surface area contributed by atoms with Crippen molar-refractivity contribution in [2.45, 2.75) is 13.0 Å². The Kier molecular flexibility index (Phi) is 4.78. The maximum atomic E-state index is 13.2. The van der Waals surface area contributed by atoms with E-state index in [1.165, 1.54) is 6.07 Å². The third kappa shape index (κ3) is 3.37. The van der Waals surface area contributed by atoms with Crippen LogP contribution in [0.4, 0.5) is 10.1 Å². The second kappa shape index (κ2) is 6.20. The SMILES string of the molecule is CC(Nc1cc(Cl)c(O)c(Cl)c1)c1ccc(F)c(Br)c1. The molecule has 106 valence electrons. The summed E-state index contributed by atoms with van der Waals surface area (Å²) >= 11 is 14.9. The topological polar surface area (TPSA) is 32.3 Å². The van der Waals surface area contributed by atoms with Crippen molar-refractivity contribution in [3.8, 4) is 5.75 Å². The molecule has 1 unspecified atom stereocenters. The molecule has 0 radical (unpaired) electrons. The molecule has 1 atom stereocenters. The Hall–Kier alpha value is -0.970. The molecule has 6 heteroatoms. The minimum absolute atomic E-state index is 0.0800. The maximum Gasteiger partial charge on any atom is 0.152 e. The Morgan fingerprint density at radius 2 is 1.80 bits per heavy atom. The van der Waals surface area contributed by atoms with Gasteiger partial charge in [-0.3, -0.25) is 0 Å². The molecule has 20 heavy (non-hydrogen) atoms. The highest BCUT2D eigenvalue weighted by atomic mass is 79.9. The molecule has 0 spiro atoms. The minimum atomic E-state index is -0.309. The summed E-state index contributed by atoms with van der Waals surface area (Å²) in [5.74, 6) is -0.451. The minimum Gasteiger partial charge on any atom is -0.505 e. The fraction of sp³-hybridized carbons (Fsp3) is 0.143. The molecule has 2 N–H and O–H groups in total. The normalized spacial score (nSPS) is 12.2. The molecule has 0 saturated carbocycles. The van der Waals surface area contributed by atoms with Gasteiger partial charge in [0.05, 0.1) is 14.5 Å². The number of phenolic OH excluding ortho intramolecular Hbond substituents is 1. The number of anilines is 1. The van der Waals surface area contributed by atoms with Crippen molar-refractivity contribution in [2.75, 3.05) is 5.32 Å². The van der Waals surface area contributed by atoms with Crippen LogP contribution in [0.15, 0.2) is 34.8 Å². The van der Waals surface area contributed by atoms with Gasteiger partial charge in [-0.25, -0.2) is 4.39 Å². The maximum absolute atomic E-state index is 13.2. The number of benzene rings is 2. The van der Waals surface area contributed by atoms with Crippen molar-refractivity contribution in [3.63, 3.8) is 0 Å².